The van der Waals surface area contributed by atoms with Gasteiger partial charge in [0.15, 0.2) is 5.69 Å². The van der Waals surface area contributed by atoms with Gasteiger partial charge in [-0.2, -0.15) is 5.26 Å². The molecule has 7 heteroatoms. The Morgan fingerprint density at radius 3 is 2.88 bits per heavy atom. The molecule has 0 saturated carbocycles. The van der Waals surface area contributed by atoms with Crippen molar-refractivity contribution in [2.45, 2.75) is 45.7 Å². The highest BCUT2D eigenvalue weighted by molar-refractivity contribution is 5.82. The molecule has 26 heavy (non-hydrogen) atoms. The van der Waals surface area contributed by atoms with Gasteiger partial charge < -0.3 is 10.2 Å². The number of nitrogens with one attached hydrogen (secondary N) is 1. The van der Waals surface area contributed by atoms with Crippen LogP contribution in [0.15, 0.2) is 12.4 Å². The monoisotopic (exact) mass is 356 g/mol. The third kappa shape index (κ3) is 3.96. The fourth-order valence-corrected chi connectivity index (χ4v) is 4.23. The van der Waals surface area contributed by atoms with Crippen LogP contribution in [0.25, 0.3) is 0 Å². The number of anilines is 1. The normalized spacial score (nSPS) is 26.5. The standard InChI is InChI=1S/C19H28N6O/c1-13(22-18(26)16-7-19(2,3)12-24(16)4)14-5-6-25(11-14)17-10-21-9-15(8-20)23-17/h9-10,13-14,16H,5-7,11-12H2,1-4H3,(H,22,26). The molecule has 1 N–H and O–H groups in total. The Labute approximate surface area is 155 Å². The van der Waals surface area contributed by atoms with Crippen molar-refractivity contribution in [1.29, 1.82) is 5.26 Å². The van der Waals surface area contributed by atoms with Gasteiger partial charge in [-0.05, 0) is 38.1 Å². The first-order chi connectivity index (χ1) is 12.3. The number of nitrogens with zero attached hydrogens (tertiary/aromatic N) is 5. The quantitative estimate of drug-likeness (QED) is 0.878. The van der Waals surface area contributed by atoms with E-state index in [0.29, 0.717) is 11.6 Å². The van der Waals surface area contributed by atoms with Gasteiger partial charge in [-0.25, -0.2) is 4.98 Å². The maximum absolute atomic E-state index is 12.7. The number of carbonyl (C=O) groups is 1. The van der Waals surface area contributed by atoms with E-state index in [-0.39, 0.29) is 23.4 Å². The molecule has 0 bridgehead atoms. The molecule has 140 valence electrons. The molecule has 2 aliphatic rings. The van der Waals surface area contributed by atoms with E-state index in [9.17, 15) is 4.79 Å². The summed E-state index contributed by atoms with van der Waals surface area (Å²) in [7, 11) is 2.03. The lowest BCUT2D eigenvalue weighted by Crippen LogP contribution is -2.47. The van der Waals surface area contributed by atoms with Crippen molar-refractivity contribution >= 4 is 11.7 Å². The van der Waals surface area contributed by atoms with Crippen LogP contribution in [0, 0.1) is 22.7 Å². The fraction of sp³-hybridized carbons (Fsp3) is 0.684. The Kier molecular flexibility index (Phi) is 5.15. The number of aromatic nitrogens is 2. The molecule has 7 nitrogen and oxygen atoms in total. The number of hydrogen-bond donors (Lipinski definition) is 1. The van der Waals surface area contributed by atoms with Crippen LogP contribution in [-0.4, -0.2) is 59.5 Å². The highest BCUT2D eigenvalue weighted by atomic mass is 16.2. The van der Waals surface area contributed by atoms with Gasteiger partial charge in [0.2, 0.25) is 5.91 Å². The topological polar surface area (TPSA) is 85.2 Å². The molecular weight excluding hydrogens is 328 g/mol. The fourth-order valence-electron chi connectivity index (χ4n) is 4.23. The smallest absolute Gasteiger partial charge is 0.237 e. The van der Waals surface area contributed by atoms with Crippen LogP contribution in [-0.2, 0) is 4.79 Å². The van der Waals surface area contributed by atoms with Crippen LogP contribution in [0.4, 0.5) is 5.82 Å². The Morgan fingerprint density at radius 1 is 1.46 bits per heavy atom. The molecule has 3 unspecified atom stereocenters. The SMILES string of the molecule is CC(NC(=O)C1CC(C)(C)CN1C)C1CCN(c2cncc(C#N)n2)C1. The van der Waals surface area contributed by atoms with Gasteiger partial charge in [0.05, 0.1) is 18.4 Å². The maximum Gasteiger partial charge on any atom is 0.237 e. The first kappa shape index (κ1) is 18.6. The Bertz CT molecular complexity index is 712. The number of nitriles is 1. The average molecular weight is 356 g/mol. The molecule has 1 aromatic heterocycles. The van der Waals surface area contributed by atoms with Crippen molar-refractivity contribution in [3.63, 3.8) is 0 Å². The number of likely N-dealkylation sites (tertiary alicyclic amines) is 1. The molecule has 2 saturated heterocycles. The zero-order valence-electron chi connectivity index (χ0n) is 16.1. The second-order valence-corrected chi connectivity index (χ2v) is 8.47. The van der Waals surface area contributed by atoms with Crippen molar-refractivity contribution in [3.05, 3.63) is 18.1 Å². The van der Waals surface area contributed by atoms with Gasteiger partial charge in [0.1, 0.15) is 11.9 Å². The summed E-state index contributed by atoms with van der Waals surface area (Å²) in [6, 6.07) is 2.10. The number of rotatable bonds is 4. The Balaban J connectivity index is 1.57. The van der Waals surface area contributed by atoms with E-state index in [1.54, 1.807) is 6.20 Å². The number of carbonyl (C=O) groups excluding carboxylic acids is 1. The van der Waals surface area contributed by atoms with Crippen LogP contribution < -0.4 is 10.2 Å². The molecule has 2 aliphatic heterocycles. The molecule has 1 aromatic rings. The lowest BCUT2D eigenvalue weighted by Gasteiger charge is -2.25. The van der Waals surface area contributed by atoms with Crippen LogP contribution in [0.3, 0.4) is 0 Å². The Morgan fingerprint density at radius 2 is 2.23 bits per heavy atom. The van der Waals surface area contributed by atoms with E-state index in [4.69, 9.17) is 5.26 Å². The predicted octanol–water partition coefficient (Wildman–Crippen LogP) is 1.41. The second kappa shape index (κ2) is 7.20. The zero-order chi connectivity index (χ0) is 18.9. The lowest BCUT2D eigenvalue weighted by molar-refractivity contribution is -0.126. The number of likely N-dealkylation sites (N-methyl/N-ethyl adjacent to an activating group) is 1. The summed E-state index contributed by atoms with van der Waals surface area (Å²) in [5, 5.41) is 12.2. The van der Waals surface area contributed by atoms with E-state index in [1.165, 1.54) is 6.20 Å². The van der Waals surface area contributed by atoms with E-state index in [2.05, 4.69) is 45.9 Å². The molecule has 2 fully saturated rings. The zero-order valence-corrected chi connectivity index (χ0v) is 16.1. The van der Waals surface area contributed by atoms with Gasteiger partial charge in [-0.3, -0.25) is 14.7 Å². The molecule has 0 aliphatic carbocycles. The first-order valence-corrected chi connectivity index (χ1v) is 9.27. The van der Waals surface area contributed by atoms with Crippen molar-refractivity contribution in [1.82, 2.24) is 20.2 Å². The molecule has 0 spiro atoms. The molecule has 3 rings (SSSR count). The van der Waals surface area contributed by atoms with Crippen LogP contribution in [0.5, 0.6) is 0 Å². The number of hydrogen-bond acceptors (Lipinski definition) is 6. The van der Waals surface area contributed by atoms with Gasteiger partial charge in [-0.1, -0.05) is 13.8 Å². The third-order valence-corrected chi connectivity index (χ3v) is 5.62. The van der Waals surface area contributed by atoms with Crippen molar-refractivity contribution in [3.8, 4) is 6.07 Å². The van der Waals surface area contributed by atoms with Crippen LogP contribution >= 0.6 is 0 Å². The Hall–Kier alpha value is -2.20. The third-order valence-electron chi connectivity index (χ3n) is 5.62. The van der Waals surface area contributed by atoms with Gasteiger partial charge in [0.25, 0.3) is 0 Å². The average Bonchev–Trinajstić information content (AvgIpc) is 3.19. The maximum atomic E-state index is 12.7. The summed E-state index contributed by atoms with van der Waals surface area (Å²) in [4.78, 5) is 25.4. The molecule has 0 aromatic carbocycles. The second-order valence-electron chi connectivity index (χ2n) is 8.47. The minimum atomic E-state index is -0.0388. The highest BCUT2D eigenvalue weighted by Crippen LogP contribution is 2.33. The lowest BCUT2D eigenvalue weighted by atomic mass is 9.90. The minimum absolute atomic E-state index is 0.0388. The van der Waals surface area contributed by atoms with Gasteiger partial charge in [0, 0.05) is 25.7 Å². The molecular formula is C19H28N6O. The molecule has 3 atom stereocenters. The minimum Gasteiger partial charge on any atom is -0.355 e. The van der Waals surface area contributed by atoms with E-state index < -0.39 is 0 Å². The van der Waals surface area contributed by atoms with E-state index in [0.717, 1.165) is 38.3 Å². The summed E-state index contributed by atoms with van der Waals surface area (Å²) >= 11 is 0. The van der Waals surface area contributed by atoms with Crippen molar-refractivity contribution in [2.75, 3.05) is 31.6 Å². The summed E-state index contributed by atoms with van der Waals surface area (Å²) < 4.78 is 0. The molecule has 0 radical (unpaired) electrons. The van der Waals surface area contributed by atoms with Crippen LogP contribution in [0.1, 0.15) is 39.3 Å². The number of amides is 1. The largest absolute Gasteiger partial charge is 0.355 e. The predicted molar refractivity (Wildman–Crippen MR) is 99.5 cm³/mol. The summed E-state index contributed by atoms with van der Waals surface area (Å²) in [6.45, 7) is 9.15. The summed E-state index contributed by atoms with van der Waals surface area (Å²) in [6.07, 6.45) is 5.06. The first-order valence-electron chi connectivity index (χ1n) is 9.27. The van der Waals surface area contributed by atoms with Crippen molar-refractivity contribution < 1.29 is 4.79 Å². The summed E-state index contributed by atoms with van der Waals surface area (Å²) in [5.74, 6) is 1.24. The van der Waals surface area contributed by atoms with E-state index in [1.807, 2.05) is 13.1 Å². The summed E-state index contributed by atoms with van der Waals surface area (Å²) in [5.41, 5.74) is 0.522. The molecule has 1 amide bonds. The molecule has 3 heterocycles. The van der Waals surface area contributed by atoms with Gasteiger partial charge >= 0.3 is 0 Å². The van der Waals surface area contributed by atoms with Crippen LogP contribution in [0.2, 0.25) is 0 Å². The van der Waals surface area contributed by atoms with E-state index >= 15 is 0 Å². The van der Waals surface area contributed by atoms with Gasteiger partial charge in [-0.15, -0.1) is 0 Å². The highest BCUT2D eigenvalue weighted by Gasteiger charge is 2.40. The van der Waals surface area contributed by atoms with Crippen molar-refractivity contribution in [2.24, 2.45) is 11.3 Å².